The Balaban J connectivity index is 0.00000225. The fourth-order valence-corrected chi connectivity index (χ4v) is 5.67. The molecule has 6 nitrogen and oxygen atoms in total. The maximum atomic E-state index is 12.9. The van der Waals surface area contributed by atoms with E-state index in [0.717, 1.165) is 54.1 Å². The van der Waals surface area contributed by atoms with E-state index in [2.05, 4.69) is 19.9 Å². The van der Waals surface area contributed by atoms with Gasteiger partial charge in [0.05, 0.1) is 0 Å². The summed E-state index contributed by atoms with van der Waals surface area (Å²) < 4.78 is 29.8. The second-order valence-electron chi connectivity index (χ2n) is 6.51. The molecule has 1 aliphatic rings. The van der Waals surface area contributed by atoms with Crippen LogP contribution in [0.15, 0.2) is 46.8 Å². The van der Waals surface area contributed by atoms with E-state index >= 15 is 0 Å². The minimum atomic E-state index is -3.64. The molecule has 0 radical (unpaired) electrons. The molecule has 0 aliphatic carbocycles. The monoisotopic (exact) mass is 438 g/mol. The van der Waals surface area contributed by atoms with Crippen LogP contribution in [0.25, 0.3) is 10.1 Å². The first-order valence-corrected chi connectivity index (χ1v) is 11.3. The third-order valence-electron chi connectivity index (χ3n) is 4.67. The number of nitrogens with zero attached hydrogens (tertiary/aromatic N) is 2. The van der Waals surface area contributed by atoms with Crippen LogP contribution in [0.2, 0.25) is 0 Å². The van der Waals surface area contributed by atoms with E-state index < -0.39 is 10.0 Å². The van der Waals surface area contributed by atoms with E-state index in [9.17, 15) is 8.42 Å². The van der Waals surface area contributed by atoms with Gasteiger partial charge >= 0.3 is 0 Å². The summed E-state index contributed by atoms with van der Waals surface area (Å²) >= 11 is 1.28. The second kappa shape index (κ2) is 8.65. The third-order valence-corrected chi connectivity index (χ3v) is 7.63. The van der Waals surface area contributed by atoms with Crippen molar-refractivity contribution in [2.45, 2.75) is 17.6 Å². The first kappa shape index (κ1) is 20.9. The molecule has 0 spiro atoms. The lowest BCUT2D eigenvalue weighted by molar-refractivity contribution is 0.586. The van der Waals surface area contributed by atoms with Crippen molar-refractivity contribution in [3.8, 4) is 0 Å². The van der Waals surface area contributed by atoms with Crippen LogP contribution in [0, 0.1) is 0 Å². The van der Waals surface area contributed by atoms with Gasteiger partial charge in [-0.3, -0.25) is 4.72 Å². The van der Waals surface area contributed by atoms with Crippen molar-refractivity contribution in [3.63, 3.8) is 0 Å². The average molecular weight is 439 g/mol. The van der Waals surface area contributed by atoms with Crippen LogP contribution in [0.3, 0.4) is 0 Å². The molecule has 1 fully saturated rings. The first-order chi connectivity index (χ1) is 13.1. The predicted molar refractivity (Wildman–Crippen MR) is 119 cm³/mol. The molecule has 0 amide bonds. The molecule has 3 heterocycles. The van der Waals surface area contributed by atoms with E-state index in [1.54, 1.807) is 18.3 Å². The molecule has 4 rings (SSSR count). The van der Waals surface area contributed by atoms with Crippen LogP contribution in [-0.4, -0.2) is 39.6 Å². The molecular weight excluding hydrogens is 416 g/mol. The minimum Gasteiger partial charge on any atom is -0.354 e. The summed E-state index contributed by atoms with van der Waals surface area (Å²) in [5.41, 5.74) is 1.68. The summed E-state index contributed by atoms with van der Waals surface area (Å²) in [4.78, 5) is 6.73. The molecule has 3 aromatic rings. The molecular formula is C19H23ClN4O2S2. The molecule has 0 unspecified atom stereocenters. The summed E-state index contributed by atoms with van der Waals surface area (Å²) in [5, 5.41) is 4.22. The summed E-state index contributed by atoms with van der Waals surface area (Å²) in [6.07, 6.45) is 2.61. The number of hydrogen-bond acceptors (Lipinski definition) is 6. The van der Waals surface area contributed by atoms with Gasteiger partial charge in [-0.2, -0.15) is 0 Å². The van der Waals surface area contributed by atoms with Crippen molar-refractivity contribution < 1.29 is 8.42 Å². The molecule has 0 saturated carbocycles. The Morgan fingerprint density at radius 3 is 2.75 bits per heavy atom. The highest BCUT2D eigenvalue weighted by atomic mass is 35.5. The summed E-state index contributed by atoms with van der Waals surface area (Å²) in [6.45, 7) is 5.59. The number of nitrogens with one attached hydrogen (secondary N) is 2. The number of rotatable bonds is 5. The van der Waals surface area contributed by atoms with Gasteiger partial charge in [-0.25, -0.2) is 13.4 Å². The highest BCUT2D eigenvalue weighted by Gasteiger charge is 2.21. The number of piperazine rings is 1. The molecule has 150 valence electrons. The van der Waals surface area contributed by atoms with Gasteiger partial charge in [0.1, 0.15) is 10.0 Å². The van der Waals surface area contributed by atoms with E-state index in [0.29, 0.717) is 9.90 Å². The minimum absolute atomic E-state index is 0. The highest BCUT2D eigenvalue weighted by molar-refractivity contribution is 7.94. The smallest absolute Gasteiger partial charge is 0.271 e. The van der Waals surface area contributed by atoms with Gasteiger partial charge in [-0.05, 0) is 36.2 Å². The molecule has 1 saturated heterocycles. The third kappa shape index (κ3) is 4.25. The fraction of sp³-hybridized carbons (Fsp3) is 0.316. The Labute approximate surface area is 175 Å². The van der Waals surface area contributed by atoms with Gasteiger partial charge in [-0.15, -0.1) is 23.7 Å². The van der Waals surface area contributed by atoms with Crippen molar-refractivity contribution in [1.82, 2.24) is 10.3 Å². The topological polar surface area (TPSA) is 74.3 Å². The van der Waals surface area contributed by atoms with Crippen LogP contribution >= 0.6 is 23.7 Å². The molecule has 0 bridgehead atoms. The Kier molecular flexibility index (Phi) is 6.44. The van der Waals surface area contributed by atoms with Gasteiger partial charge in [0.15, 0.2) is 0 Å². The largest absolute Gasteiger partial charge is 0.354 e. The number of thiophene rings is 1. The van der Waals surface area contributed by atoms with Gasteiger partial charge < -0.3 is 10.2 Å². The van der Waals surface area contributed by atoms with Crippen LogP contribution in [0.1, 0.15) is 12.5 Å². The van der Waals surface area contributed by atoms with E-state index in [-0.39, 0.29) is 12.4 Å². The second-order valence-corrected chi connectivity index (χ2v) is 9.50. The lowest BCUT2D eigenvalue weighted by Crippen LogP contribution is -2.43. The quantitative estimate of drug-likeness (QED) is 0.637. The number of sulfonamides is 1. The van der Waals surface area contributed by atoms with Crippen LogP contribution in [-0.2, 0) is 16.4 Å². The zero-order valence-electron chi connectivity index (χ0n) is 15.5. The predicted octanol–water partition coefficient (Wildman–Crippen LogP) is 3.49. The number of fused-ring (bicyclic) bond motifs is 1. The highest BCUT2D eigenvalue weighted by Crippen LogP contribution is 2.35. The van der Waals surface area contributed by atoms with Crippen LogP contribution in [0.4, 0.5) is 11.5 Å². The zero-order valence-corrected chi connectivity index (χ0v) is 18.0. The molecule has 1 aromatic carbocycles. The van der Waals surface area contributed by atoms with Crippen molar-refractivity contribution in [3.05, 3.63) is 48.2 Å². The Bertz CT molecular complexity index is 1060. The number of hydrogen-bond donors (Lipinski definition) is 2. The number of anilines is 2. The van der Waals surface area contributed by atoms with Crippen LogP contribution < -0.4 is 14.9 Å². The molecule has 9 heteroatoms. The van der Waals surface area contributed by atoms with Gasteiger partial charge in [-0.1, -0.05) is 19.1 Å². The molecule has 1 aliphatic heterocycles. The van der Waals surface area contributed by atoms with Gasteiger partial charge in [0.25, 0.3) is 10.0 Å². The number of halogens is 1. The lowest BCUT2D eigenvalue weighted by Gasteiger charge is -2.28. The normalized spacial score (nSPS) is 14.7. The lowest BCUT2D eigenvalue weighted by atomic mass is 10.1. The molecule has 28 heavy (non-hydrogen) atoms. The number of benzene rings is 1. The van der Waals surface area contributed by atoms with Crippen molar-refractivity contribution in [2.24, 2.45) is 0 Å². The van der Waals surface area contributed by atoms with E-state index in [1.165, 1.54) is 11.3 Å². The Morgan fingerprint density at radius 1 is 1.21 bits per heavy atom. The SMILES string of the molecule is CCc1cccc(NS(=O)(=O)c2cc3c(N4CCNCC4)nccc3s2)c1.Cl. The van der Waals surface area contributed by atoms with E-state index in [1.807, 2.05) is 31.2 Å². The summed E-state index contributed by atoms with van der Waals surface area (Å²) in [7, 11) is -3.64. The first-order valence-electron chi connectivity index (χ1n) is 9.03. The standard InChI is InChI=1S/C19H22N4O2S2.ClH/c1-2-14-4-3-5-15(12-14)22-27(24,25)18-13-16-17(26-18)6-7-21-19(16)23-10-8-20-9-11-23;/h3-7,12-13,20,22H,2,8-11H2,1H3;1H. The van der Waals surface area contributed by atoms with E-state index in [4.69, 9.17) is 0 Å². The Hall–Kier alpha value is -1.87. The van der Waals surface area contributed by atoms with Gasteiger partial charge in [0, 0.05) is 48.1 Å². The number of aryl methyl sites for hydroxylation is 1. The van der Waals surface area contributed by atoms with Gasteiger partial charge in [0.2, 0.25) is 0 Å². The average Bonchev–Trinajstić information content (AvgIpc) is 3.14. The maximum Gasteiger partial charge on any atom is 0.271 e. The Morgan fingerprint density at radius 2 is 2.00 bits per heavy atom. The molecule has 0 atom stereocenters. The van der Waals surface area contributed by atoms with Crippen molar-refractivity contribution in [2.75, 3.05) is 35.8 Å². The molecule has 2 aromatic heterocycles. The molecule has 2 N–H and O–H groups in total. The number of aromatic nitrogens is 1. The fourth-order valence-electron chi connectivity index (χ4n) is 3.25. The van der Waals surface area contributed by atoms with Crippen molar-refractivity contribution >= 4 is 55.4 Å². The maximum absolute atomic E-state index is 12.9. The summed E-state index contributed by atoms with van der Waals surface area (Å²) in [5.74, 6) is 0.861. The zero-order chi connectivity index (χ0) is 18.9. The number of pyridine rings is 1. The summed E-state index contributed by atoms with van der Waals surface area (Å²) in [6, 6.07) is 11.1. The van der Waals surface area contributed by atoms with Crippen LogP contribution in [0.5, 0.6) is 0 Å². The van der Waals surface area contributed by atoms with Crippen molar-refractivity contribution in [1.29, 1.82) is 0 Å².